The fourth-order valence-electron chi connectivity index (χ4n) is 3.22. The van der Waals surface area contributed by atoms with Crippen molar-refractivity contribution in [2.45, 2.75) is 51.1 Å². The summed E-state index contributed by atoms with van der Waals surface area (Å²) in [5.74, 6) is 0.611. The van der Waals surface area contributed by atoms with Crippen molar-refractivity contribution in [3.63, 3.8) is 0 Å². The maximum atomic E-state index is 13.0. The number of ketones is 1. The van der Waals surface area contributed by atoms with E-state index < -0.39 is 18.3 Å². The molecule has 0 N–H and O–H groups in total. The highest BCUT2D eigenvalue weighted by Gasteiger charge is 2.54. The maximum Gasteiger partial charge on any atom is 0.466 e. The number of carbonyl (C=O) groups is 1. The second-order valence-electron chi connectivity index (χ2n) is 8.00. The van der Waals surface area contributed by atoms with Gasteiger partial charge >= 0.3 is 7.12 Å². The van der Waals surface area contributed by atoms with Gasteiger partial charge < -0.3 is 14.0 Å². The van der Waals surface area contributed by atoms with Crippen molar-refractivity contribution in [3.05, 3.63) is 65.7 Å². The van der Waals surface area contributed by atoms with Crippen LogP contribution in [0.2, 0.25) is 0 Å². The summed E-state index contributed by atoms with van der Waals surface area (Å²) < 4.78 is 17.7. The quantitative estimate of drug-likeness (QED) is 0.550. The van der Waals surface area contributed by atoms with E-state index in [4.69, 9.17) is 14.0 Å². The van der Waals surface area contributed by atoms with E-state index >= 15 is 0 Å². The molecule has 0 amide bonds. The Morgan fingerprint density at radius 1 is 0.963 bits per heavy atom. The molecule has 0 radical (unpaired) electrons. The van der Waals surface area contributed by atoms with Crippen LogP contribution >= 0.6 is 0 Å². The van der Waals surface area contributed by atoms with E-state index in [-0.39, 0.29) is 11.6 Å². The fraction of sp³-hybridized carbons (Fsp3) is 0.409. The predicted molar refractivity (Wildman–Crippen MR) is 107 cm³/mol. The van der Waals surface area contributed by atoms with Crippen LogP contribution in [0.1, 0.15) is 55.9 Å². The zero-order chi connectivity index (χ0) is 19.7. The molecule has 2 aromatic carbocycles. The molecular formula is C22H27BO4. The maximum absolute atomic E-state index is 13.0. The molecule has 0 saturated carbocycles. The average Bonchev–Trinajstić information content (AvgIpc) is 2.87. The predicted octanol–water partition coefficient (Wildman–Crippen LogP) is 4.68. The largest absolute Gasteiger partial charge is 0.497 e. The van der Waals surface area contributed by atoms with Crippen molar-refractivity contribution >= 4 is 12.9 Å². The number of hydrogen-bond acceptors (Lipinski definition) is 4. The number of carbonyl (C=O) groups excluding carboxylic acids is 1. The molecule has 0 spiro atoms. The van der Waals surface area contributed by atoms with Crippen molar-refractivity contribution in [3.8, 4) is 5.75 Å². The Labute approximate surface area is 162 Å². The summed E-state index contributed by atoms with van der Waals surface area (Å²) in [6.45, 7) is 8.11. The van der Waals surface area contributed by atoms with E-state index in [0.29, 0.717) is 12.0 Å². The molecule has 2 aromatic rings. The number of rotatable bonds is 6. The lowest BCUT2D eigenvalue weighted by atomic mass is 9.65. The summed E-state index contributed by atoms with van der Waals surface area (Å²) in [5, 5.41) is 0. The Hall–Kier alpha value is -2.11. The van der Waals surface area contributed by atoms with E-state index in [1.54, 1.807) is 31.4 Å². The van der Waals surface area contributed by atoms with Gasteiger partial charge in [-0.3, -0.25) is 4.79 Å². The molecule has 1 heterocycles. The third-order valence-corrected chi connectivity index (χ3v) is 5.65. The Bertz CT molecular complexity index is 768. The molecule has 3 rings (SSSR count). The van der Waals surface area contributed by atoms with Crippen LogP contribution in [-0.4, -0.2) is 31.2 Å². The summed E-state index contributed by atoms with van der Waals surface area (Å²) in [6, 6.07) is 17.2. The zero-order valence-corrected chi connectivity index (χ0v) is 16.7. The Kier molecular flexibility index (Phi) is 5.45. The highest BCUT2D eigenvalue weighted by molar-refractivity contribution is 6.48. The van der Waals surface area contributed by atoms with Gasteiger partial charge in [-0.25, -0.2) is 0 Å². The van der Waals surface area contributed by atoms with Crippen LogP contribution in [-0.2, 0) is 9.31 Å². The van der Waals surface area contributed by atoms with Gasteiger partial charge in [0.25, 0.3) is 0 Å². The van der Waals surface area contributed by atoms with E-state index in [1.165, 1.54) is 0 Å². The Balaban J connectivity index is 1.86. The zero-order valence-electron chi connectivity index (χ0n) is 16.7. The van der Waals surface area contributed by atoms with Crippen LogP contribution in [0.4, 0.5) is 0 Å². The third-order valence-electron chi connectivity index (χ3n) is 5.65. The number of hydrogen-bond donors (Lipinski definition) is 0. The molecule has 5 heteroatoms. The molecule has 1 aliphatic rings. The van der Waals surface area contributed by atoms with Gasteiger partial charge in [0, 0.05) is 17.8 Å². The minimum absolute atomic E-state index is 0.0567. The minimum atomic E-state index is -0.473. The van der Waals surface area contributed by atoms with Crippen LogP contribution in [0.15, 0.2) is 54.6 Å². The Morgan fingerprint density at radius 3 is 2.04 bits per heavy atom. The highest BCUT2D eigenvalue weighted by atomic mass is 16.7. The van der Waals surface area contributed by atoms with Crippen LogP contribution in [0.5, 0.6) is 5.75 Å². The van der Waals surface area contributed by atoms with Crippen molar-refractivity contribution in [1.82, 2.24) is 0 Å². The summed E-state index contributed by atoms with van der Waals surface area (Å²) in [5.41, 5.74) is 0.827. The summed E-state index contributed by atoms with van der Waals surface area (Å²) >= 11 is 0. The number of benzene rings is 2. The van der Waals surface area contributed by atoms with Crippen LogP contribution in [0.3, 0.4) is 0 Å². The topological polar surface area (TPSA) is 44.8 Å². The number of Topliss-reactive ketones (excluding diaryl/α,β-unsaturated/α-hetero) is 1. The van der Waals surface area contributed by atoms with Gasteiger partial charge in [-0.05, 0) is 57.5 Å². The lowest BCUT2D eigenvalue weighted by molar-refractivity contribution is 0.00578. The SMILES string of the molecule is COc1ccc(C(=O)C[C@H](B2OC(C)(C)C(C)(C)O2)c2ccccc2)cc1. The third kappa shape index (κ3) is 4.09. The van der Waals surface area contributed by atoms with Gasteiger partial charge in [-0.15, -0.1) is 0 Å². The molecule has 0 aromatic heterocycles. The monoisotopic (exact) mass is 366 g/mol. The summed E-state index contributed by atoms with van der Waals surface area (Å²) in [7, 11) is 1.14. The number of ether oxygens (including phenoxy) is 1. The van der Waals surface area contributed by atoms with Gasteiger partial charge in [-0.1, -0.05) is 30.3 Å². The number of methoxy groups -OCH3 is 1. The minimum Gasteiger partial charge on any atom is -0.497 e. The molecule has 0 unspecified atom stereocenters. The van der Waals surface area contributed by atoms with E-state index in [1.807, 2.05) is 58.0 Å². The molecular weight excluding hydrogens is 339 g/mol. The van der Waals surface area contributed by atoms with Crippen molar-refractivity contribution in [1.29, 1.82) is 0 Å². The van der Waals surface area contributed by atoms with Crippen molar-refractivity contribution in [2.75, 3.05) is 7.11 Å². The first-order chi connectivity index (χ1) is 12.7. The first-order valence-electron chi connectivity index (χ1n) is 9.31. The Morgan fingerprint density at radius 2 is 1.52 bits per heavy atom. The van der Waals surface area contributed by atoms with Gasteiger partial charge in [0.2, 0.25) is 0 Å². The smallest absolute Gasteiger partial charge is 0.466 e. The van der Waals surface area contributed by atoms with Crippen molar-refractivity contribution in [2.24, 2.45) is 0 Å². The van der Waals surface area contributed by atoms with Crippen LogP contribution < -0.4 is 4.74 Å². The van der Waals surface area contributed by atoms with Gasteiger partial charge in [0.05, 0.1) is 18.3 Å². The molecule has 1 saturated heterocycles. The van der Waals surface area contributed by atoms with E-state index in [0.717, 1.165) is 11.3 Å². The van der Waals surface area contributed by atoms with Gasteiger partial charge in [0.1, 0.15) is 5.75 Å². The van der Waals surface area contributed by atoms with E-state index in [9.17, 15) is 4.79 Å². The summed E-state index contributed by atoms with van der Waals surface area (Å²) in [6.07, 6.45) is 0.313. The van der Waals surface area contributed by atoms with Gasteiger partial charge in [0.15, 0.2) is 5.78 Å². The standard InChI is InChI=1S/C22H27BO4/c1-21(2)22(3,4)27-23(26-21)19(16-9-7-6-8-10-16)15-20(24)17-11-13-18(25-5)14-12-17/h6-14,19H,15H2,1-5H3/t19-/m0/s1. The second-order valence-corrected chi connectivity index (χ2v) is 8.00. The lowest BCUT2D eigenvalue weighted by Crippen LogP contribution is -2.41. The average molecular weight is 366 g/mol. The molecule has 0 bridgehead atoms. The fourth-order valence-corrected chi connectivity index (χ4v) is 3.22. The van der Waals surface area contributed by atoms with Crippen LogP contribution in [0, 0.1) is 0 Å². The molecule has 142 valence electrons. The summed E-state index contributed by atoms with van der Waals surface area (Å²) in [4.78, 5) is 13.0. The van der Waals surface area contributed by atoms with Crippen molar-refractivity contribution < 1.29 is 18.8 Å². The van der Waals surface area contributed by atoms with E-state index in [2.05, 4.69) is 0 Å². The van der Waals surface area contributed by atoms with Crippen LogP contribution in [0.25, 0.3) is 0 Å². The molecule has 1 fully saturated rings. The normalized spacial score (nSPS) is 18.9. The molecule has 27 heavy (non-hydrogen) atoms. The lowest BCUT2D eigenvalue weighted by Gasteiger charge is -2.32. The van der Waals surface area contributed by atoms with Gasteiger partial charge in [-0.2, -0.15) is 0 Å². The molecule has 0 aliphatic carbocycles. The molecule has 4 nitrogen and oxygen atoms in total. The first kappa shape index (κ1) is 19.7. The second kappa shape index (κ2) is 7.49. The highest BCUT2D eigenvalue weighted by Crippen LogP contribution is 2.42. The first-order valence-corrected chi connectivity index (χ1v) is 9.31. The molecule has 1 aliphatic heterocycles. The molecule has 1 atom stereocenters.